The van der Waals surface area contributed by atoms with Crippen molar-refractivity contribution >= 4 is 12.1 Å². The van der Waals surface area contributed by atoms with Crippen molar-refractivity contribution in [1.29, 1.82) is 0 Å². The lowest BCUT2D eigenvalue weighted by molar-refractivity contribution is -0.247. The van der Waals surface area contributed by atoms with E-state index in [9.17, 15) is 14.7 Å². The van der Waals surface area contributed by atoms with Crippen molar-refractivity contribution in [2.75, 3.05) is 0 Å². The van der Waals surface area contributed by atoms with E-state index in [-0.39, 0.29) is 39.8 Å². The number of rotatable bonds is 5. The van der Waals surface area contributed by atoms with Crippen molar-refractivity contribution in [2.45, 2.75) is 118 Å². The molecule has 0 spiro atoms. The predicted molar refractivity (Wildman–Crippen MR) is 170 cm³/mol. The number of carbonyl (C=O) groups is 2. The maximum Gasteiger partial charge on any atom is 0.407 e. The molecule has 6 rings (SSSR count). The second-order valence-electron chi connectivity index (χ2n) is 16.7. The van der Waals surface area contributed by atoms with Crippen molar-refractivity contribution in [3.8, 4) is 0 Å². The van der Waals surface area contributed by atoms with E-state index in [0.29, 0.717) is 30.2 Å². The molecule has 0 saturated heterocycles. The van der Waals surface area contributed by atoms with Crippen LogP contribution in [0.2, 0.25) is 0 Å². The molecule has 5 aliphatic rings. The summed E-state index contributed by atoms with van der Waals surface area (Å²) in [4.78, 5) is 25.9. The van der Waals surface area contributed by atoms with Gasteiger partial charge in [0.25, 0.3) is 0 Å². The maximum absolute atomic E-state index is 12.9. The molecule has 1 aromatic carbocycles. The van der Waals surface area contributed by atoms with E-state index in [1.807, 2.05) is 30.3 Å². The third-order valence-corrected chi connectivity index (χ3v) is 15.0. The Hall–Kier alpha value is -2.30. The quantitative estimate of drug-likeness (QED) is 0.336. The Kier molecular flexibility index (Phi) is 7.41. The molecule has 5 fully saturated rings. The molecule has 236 valence electrons. The molecule has 2 N–H and O–H groups in total. The van der Waals surface area contributed by atoms with E-state index in [0.717, 1.165) is 56.9 Å². The van der Waals surface area contributed by atoms with Gasteiger partial charge in [0.15, 0.2) is 0 Å². The number of amides is 1. The average molecular weight is 590 g/mol. The van der Waals surface area contributed by atoms with Gasteiger partial charge in [-0.1, -0.05) is 77.1 Å². The van der Waals surface area contributed by atoms with Crippen LogP contribution in [0.25, 0.3) is 0 Å². The van der Waals surface area contributed by atoms with Crippen molar-refractivity contribution in [3.05, 3.63) is 48.0 Å². The summed E-state index contributed by atoms with van der Waals surface area (Å²) in [7, 11) is 0. The summed E-state index contributed by atoms with van der Waals surface area (Å²) in [5.74, 6) is 1.49. The first-order valence-corrected chi connectivity index (χ1v) is 17.1. The molecule has 43 heavy (non-hydrogen) atoms. The van der Waals surface area contributed by atoms with Gasteiger partial charge in [0, 0.05) is 12.0 Å². The topological polar surface area (TPSA) is 75.6 Å². The highest BCUT2D eigenvalue weighted by Gasteiger charge is 2.72. The van der Waals surface area contributed by atoms with Crippen LogP contribution in [0.1, 0.15) is 111 Å². The molecule has 5 heteroatoms. The first-order chi connectivity index (χ1) is 20.2. The van der Waals surface area contributed by atoms with Crippen LogP contribution in [0.4, 0.5) is 4.79 Å². The summed E-state index contributed by atoms with van der Waals surface area (Å²) in [5.41, 5.74) is 2.05. The molecule has 1 aromatic rings. The zero-order valence-electron chi connectivity index (χ0n) is 27.5. The fourth-order valence-corrected chi connectivity index (χ4v) is 12.6. The van der Waals surface area contributed by atoms with E-state index in [1.54, 1.807) is 0 Å². The SMILES string of the molecule is C=C(C)[C@@H]1CC[C@]2(C(=O)O)CC[C@]3(C)[C@H](CC[C@@H]4[C@@]5(C)CC[C@H](OC(=O)NCc6ccccc6)C(C)(C)[C@@H]5CC[C@]43C)[C@@H]12. The molecular weight excluding hydrogens is 534 g/mol. The number of aliphatic carboxylic acids is 1. The highest BCUT2D eigenvalue weighted by Crippen LogP contribution is 2.77. The zero-order chi connectivity index (χ0) is 31.0. The standard InChI is InChI=1S/C38H55NO4/c1-24(2)26-15-20-38(32(40)41)22-21-36(6)27(31(26)38)13-14-29-35(5)18-17-30(34(3,4)28(35)16-19-37(29,36)7)43-33(42)39-23-25-11-9-8-10-12-25/h8-12,26-31H,1,13-23H2,2-7H3,(H,39,42)(H,40,41)/t26-,27+,28-,29+,30-,31+,35-,36+,37+,38-/m0/s1. The van der Waals surface area contributed by atoms with Gasteiger partial charge in [0.05, 0.1) is 5.41 Å². The Morgan fingerprint density at radius 1 is 0.884 bits per heavy atom. The Morgan fingerprint density at radius 2 is 1.60 bits per heavy atom. The number of allylic oxidation sites excluding steroid dienone is 1. The minimum Gasteiger partial charge on any atom is -0.481 e. The highest BCUT2D eigenvalue weighted by atomic mass is 16.6. The van der Waals surface area contributed by atoms with Crippen LogP contribution >= 0.6 is 0 Å². The maximum atomic E-state index is 12.9. The van der Waals surface area contributed by atoms with Crippen molar-refractivity contribution in [3.63, 3.8) is 0 Å². The lowest BCUT2D eigenvalue weighted by Crippen LogP contribution is -2.67. The second kappa shape index (κ2) is 10.4. The van der Waals surface area contributed by atoms with Gasteiger partial charge in [0.2, 0.25) is 0 Å². The third-order valence-electron chi connectivity index (χ3n) is 15.0. The summed E-state index contributed by atoms with van der Waals surface area (Å²) in [6, 6.07) is 9.99. The fourth-order valence-electron chi connectivity index (χ4n) is 12.6. The smallest absolute Gasteiger partial charge is 0.407 e. The summed E-state index contributed by atoms with van der Waals surface area (Å²) in [5, 5.41) is 13.6. The molecular formula is C38H55NO4. The van der Waals surface area contributed by atoms with Crippen molar-refractivity contribution < 1.29 is 19.4 Å². The second-order valence-corrected chi connectivity index (χ2v) is 16.7. The Bertz CT molecular complexity index is 1270. The Balaban J connectivity index is 1.23. The molecule has 5 aliphatic carbocycles. The molecule has 0 aliphatic heterocycles. The largest absolute Gasteiger partial charge is 0.481 e. The van der Waals surface area contributed by atoms with E-state index >= 15 is 0 Å². The van der Waals surface area contributed by atoms with E-state index < -0.39 is 11.4 Å². The lowest BCUT2D eigenvalue weighted by atomic mass is 9.32. The van der Waals surface area contributed by atoms with Gasteiger partial charge >= 0.3 is 12.1 Å². The predicted octanol–water partition coefficient (Wildman–Crippen LogP) is 9.02. The van der Waals surface area contributed by atoms with Gasteiger partial charge in [-0.2, -0.15) is 0 Å². The highest BCUT2D eigenvalue weighted by molar-refractivity contribution is 5.76. The minimum atomic E-state index is -0.573. The van der Waals surface area contributed by atoms with E-state index in [4.69, 9.17) is 4.74 Å². The Labute approximate surface area is 259 Å². The molecule has 5 saturated carbocycles. The van der Waals surface area contributed by atoms with Gasteiger partial charge in [-0.05, 0) is 123 Å². The number of hydrogen-bond donors (Lipinski definition) is 2. The zero-order valence-corrected chi connectivity index (χ0v) is 27.5. The normalized spacial score (nSPS) is 44.6. The first kappa shape index (κ1) is 30.7. The Morgan fingerprint density at radius 3 is 2.28 bits per heavy atom. The van der Waals surface area contributed by atoms with Crippen LogP contribution < -0.4 is 5.32 Å². The minimum absolute atomic E-state index is 0.0988. The third kappa shape index (κ3) is 4.36. The van der Waals surface area contributed by atoms with Crippen LogP contribution in [0, 0.1) is 56.7 Å². The summed E-state index contributed by atoms with van der Waals surface area (Å²) in [6.07, 6.45) is 9.81. The molecule has 0 heterocycles. The molecule has 5 nitrogen and oxygen atoms in total. The fraction of sp³-hybridized carbons (Fsp3) is 0.737. The van der Waals surface area contributed by atoms with Crippen molar-refractivity contribution in [1.82, 2.24) is 5.32 Å². The van der Waals surface area contributed by atoms with E-state index in [1.165, 1.54) is 18.4 Å². The molecule has 0 radical (unpaired) electrons. The summed E-state index contributed by atoms with van der Waals surface area (Å²) >= 11 is 0. The van der Waals surface area contributed by atoms with Gasteiger partial charge in [-0.15, -0.1) is 0 Å². The van der Waals surface area contributed by atoms with E-state index in [2.05, 4.69) is 53.4 Å². The number of benzene rings is 1. The number of nitrogens with one attached hydrogen (secondary N) is 1. The van der Waals surface area contributed by atoms with Crippen LogP contribution in [-0.4, -0.2) is 23.3 Å². The van der Waals surface area contributed by atoms with Crippen LogP contribution in [0.3, 0.4) is 0 Å². The van der Waals surface area contributed by atoms with Crippen molar-refractivity contribution in [2.24, 2.45) is 56.7 Å². The number of carboxylic acids is 1. The van der Waals surface area contributed by atoms with Gasteiger partial charge < -0.3 is 15.2 Å². The number of hydrogen-bond acceptors (Lipinski definition) is 3. The molecule has 10 atom stereocenters. The van der Waals surface area contributed by atoms with Gasteiger partial charge in [-0.3, -0.25) is 4.79 Å². The molecule has 0 aromatic heterocycles. The monoisotopic (exact) mass is 589 g/mol. The number of carbonyl (C=O) groups excluding carboxylic acids is 1. The summed E-state index contributed by atoms with van der Waals surface area (Å²) < 4.78 is 6.19. The number of alkyl carbamates (subject to hydrolysis) is 1. The molecule has 0 bridgehead atoms. The molecule has 1 amide bonds. The summed E-state index contributed by atoms with van der Waals surface area (Å²) in [6.45, 7) is 19.4. The molecule has 0 unspecified atom stereocenters. The van der Waals surface area contributed by atoms with Crippen LogP contribution in [-0.2, 0) is 16.1 Å². The number of carboxylic acid groups (broad SMARTS) is 1. The van der Waals surface area contributed by atoms with Crippen LogP contribution in [0.5, 0.6) is 0 Å². The number of ether oxygens (including phenoxy) is 1. The number of fused-ring (bicyclic) bond motifs is 7. The lowest BCUT2D eigenvalue weighted by Gasteiger charge is -2.72. The van der Waals surface area contributed by atoms with Crippen LogP contribution in [0.15, 0.2) is 42.5 Å². The average Bonchev–Trinajstić information content (AvgIpc) is 3.36. The first-order valence-electron chi connectivity index (χ1n) is 17.1. The van der Waals surface area contributed by atoms with Gasteiger partial charge in [-0.25, -0.2) is 4.79 Å². The van der Waals surface area contributed by atoms with Gasteiger partial charge in [0.1, 0.15) is 6.10 Å².